The number of benzene rings is 3. The maximum absolute atomic E-state index is 13.1. The Hall–Kier alpha value is -3.70. The third-order valence-electron chi connectivity index (χ3n) is 6.29. The number of fused-ring (bicyclic) bond motifs is 1. The second kappa shape index (κ2) is 9.04. The van der Waals surface area contributed by atoms with Gasteiger partial charge in [-0.05, 0) is 55.9 Å². The molecule has 1 fully saturated rings. The van der Waals surface area contributed by atoms with Gasteiger partial charge in [-0.15, -0.1) is 0 Å². The van der Waals surface area contributed by atoms with Gasteiger partial charge in [-0.1, -0.05) is 42.0 Å². The minimum absolute atomic E-state index is 0.0946. The molecule has 1 aliphatic heterocycles. The van der Waals surface area contributed by atoms with Crippen LogP contribution >= 0.6 is 0 Å². The van der Waals surface area contributed by atoms with Crippen LogP contribution in [0.15, 0.2) is 79.0 Å². The number of likely N-dealkylation sites (N-methyl/N-ethyl adjacent to an activating group) is 1. The van der Waals surface area contributed by atoms with Crippen molar-refractivity contribution in [3.63, 3.8) is 0 Å². The Balaban J connectivity index is 1.53. The SMILES string of the molecule is Cc1cccc(C(=O)Nc2cc(-c3cnc4ccccc4c3)ccc2N2CCN(C)CC2)c1. The van der Waals surface area contributed by atoms with E-state index < -0.39 is 0 Å². The van der Waals surface area contributed by atoms with Crippen LogP contribution < -0.4 is 10.2 Å². The van der Waals surface area contributed by atoms with Crippen molar-refractivity contribution in [1.29, 1.82) is 0 Å². The van der Waals surface area contributed by atoms with E-state index >= 15 is 0 Å². The lowest BCUT2D eigenvalue weighted by Gasteiger charge is -2.35. The summed E-state index contributed by atoms with van der Waals surface area (Å²) in [7, 11) is 2.15. The van der Waals surface area contributed by atoms with E-state index in [-0.39, 0.29) is 5.91 Å². The predicted molar refractivity (Wildman–Crippen MR) is 136 cm³/mol. The highest BCUT2D eigenvalue weighted by molar-refractivity contribution is 6.06. The molecule has 1 N–H and O–H groups in total. The van der Waals surface area contributed by atoms with E-state index in [9.17, 15) is 4.79 Å². The molecule has 0 aliphatic carbocycles. The Morgan fingerprint density at radius 1 is 0.879 bits per heavy atom. The lowest BCUT2D eigenvalue weighted by Crippen LogP contribution is -2.44. The van der Waals surface area contributed by atoms with Gasteiger partial charge in [0.05, 0.1) is 16.9 Å². The summed E-state index contributed by atoms with van der Waals surface area (Å²) in [5.41, 5.74) is 6.66. The number of piperazine rings is 1. The molecule has 1 aromatic heterocycles. The van der Waals surface area contributed by atoms with Crippen LogP contribution in [0.5, 0.6) is 0 Å². The standard InChI is InChI=1S/C28H28N4O/c1-20-6-5-8-23(16-20)28(33)30-26-18-21(10-11-27(26)32-14-12-31(2)13-15-32)24-17-22-7-3-4-9-25(22)29-19-24/h3-11,16-19H,12-15H2,1-2H3,(H,30,33). The molecule has 0 saturated carbocycles. The molecule has 0 bridgehead atoms. The van der Waals surface area contributed by atoms with Gasteiger partial charge in [0.15, 0.2) is 0 Å². The first kappa shape index (κ1) is 21.2. The van der Waals surface area contributed by atoms with Gasteiger partial charge in [0.2, 0.25) is 0 Å². The molecule has 1 saturated heterocycles. The maximum Gasteiger partial charge on any atom is 0.255 e. The van der Waals surface area contributed by atoms with Gasteiger partial charge in [-0.3, -0.25) is 9.78 Å². The van der Waals surface area contributed by atoms with Crippen LogP contribution in [-0.4, -0.2) is 49.0 Å². The smallest absolute Gasteiger partial charge is 0.255 e. The first-order valence-electron chi connectivity index (χ1n) is 11.4. The highest BCUT2D eigenvalue weighted by Crippen LogP contribution is 2.33. The summed E-state index contributed by atoms with van der Waals surface area (Å²) in [6, 6.07) is 24.3. The minimum Gasteiger partial charge on any atom is -0.367 e. The molecule has 2 heterocycles. The molecule has 1 aliphatic rings. The van der Waals surface area contributed by atoms with Gasteiger partial charge in [0.25, 0.3) is 5.91 Å². The van der Waals surface area contributed by atoms with Crippen LogP contribution in [0.1, 0.15) is 15.9 Å². The highest BCUT2D eigenvalue weighted by Gasteiger charge is 2.19. The normalized spacial score (nSPS) is 14.4. The molecule has 1 amide bonds. The quantitative estimate of drug-likeness (QED) is 0.477. The van der Waals surface area contributed by atoms with E-state index in [2.05, 4.69) is 57.5 Å². The molecule has 0 radical (unpaired) electrons. The van der Waals surface area contributed by atoms with Crippen LogP contribution in [0.3, 0.4) is 0 Å². The number of anilines is 2. The van der Waals surface area contributed by atoms with Gasteiger partial charge in [-0.25, -0.2) is 0 Å². The Morgan fingerprint density at radius 3 is 2.52 bits per heavy atom. The number of carbonyl (C=O) groups is 1. The fourth-order valence-electron chi connectivity index (χ4n) is 4.35. The lowest BCUT2D eigenvalue weighted by atomic mass is 10.0. The number of nitrogens with one attached hydrogen (secondary N) is 1. The molecule has 0 atom stereocenters. The van der Waals surface area contributed by atoms with Crippen molar-refractivity contribution in [2.24, 2.45) is 0 Å². The van der Waals surface area contributed by atoms with Crippen molar-refractivity contribution < 1.29 is 4.79 Å². The minimum atomic E-state index is -0.0946. The number of pyridine rings is 1. The number of aromatic nitrogens is 1. The number of amides is 1. The summed E-state index contributed by atoms with van der Waals surface area (Å²) in [6.07, 6.45) is 1.90. The van der Waals surface area contributed by atoms with Crippen LogP contribution in [0.2, 0.25) is 0 Å². The lowest BCUT2D eigenvalue weighted by molar-refractivity contribution is 0.102. The molecule has 5 rings (SSSR count). The number of nitrogens with zero attached hydrogens (tertiary/aromatic N) is 3. The number of aryl methyl sites for hydroxylation is 1. The predicted octanol–water partition coefficient (Wildman–Crippen LogP) is 5.21. The fourth-order valence-corrected chi connectivity index (χ4v) is 4.35. The molecule has 0 unspecified atom stereocenters. The van der Waals surface area contributed by atoms with Gasteiger partial charge in [-0.2, -0.15) is 0 Å². The summed E-state index contributed by atoms with van der Waals surface area (Å²) in [5, 5.41) is 4.30. The third kappa shape index (κ3) is 4.59. The second-order valence-electron chi connectivity index (χ2n) is 8.76. The molecule has 0 spiro atoms. The summed E-state index contributed by atoms with van der Waals surface area (Å²) < 4.78 is 0. The molecular formula is C28H28N4O. The fraction of sp³-hybridized carbons (Fsp3) is 0.214. The van der Waals surface area contributed by atoms with E-state index in [4.69, 9.17) is 0 Å². The van der Waals surface area contributed by atoms with Crippen LogP contribution in [-0.2, 0) is 0 Å². The average molecular weight is 437 g/mol. The van der Waals surface area contributed by atoms with Crippen molar-refractivity contribution >= 4 is 28.2 Å². The largest absolute Gasteiger partial charge is 0.367 e. The third-order valence-corrected chi connectivity index (χ3v) is 6.29. The van der Waals surface area contributed by atoms with E-state index in [0.717, 1.165) is 65.1 Å². The Kier molecular flexibility index (Phi) is 5.80. The average Bonchev–Trinajstić information content (AvgIpc) is 2.84. The van der Waals surface area contributed by atoms with Crippen molar-refractivity contribution in [1.82, 2.24) is 9.88 Å². The number of rotatable bonds is 4. The van der Waals surface area contributed by atoms with Crippen molar-refractivity contribution in [3.8, 4) is 11.1 Å². The molecule has 3 aromatic carbocycles. The molecule has 4 aromatic rings. The number of para-hydroxylation sites is 1. The Bertz CT molecular complexity index is 1310. The molecule has 5 nitrogen and oxygen atoms in total. The second-order valence-corrected chi connectivity index (χ2v) is 8.76. The van der Waals surface area contributed by atoms with Gasteiger partial charge < -0.3 is 15.1 Å². The molecule has 5 heteroatoms. The van der Waals surface area contributed by atoms with Crippen molar-refractivity contribution in [3.05, 3.63) is 90.1 Å². The van der Waals surface area contributed by atoms with Crippen molar-refractivity contribution in [2.75, 3.05) is 43.4 Å². The topological polar surface area (TPSA) is 48.5 Å². The van der Waals surface area contributed by atoms with Gasteiger partial charge in [0.1, 0.15) is 0 Å². The first-order valence-corrected chi connectivity index (χ1v) is 11.4. The highest BCUT2D eigenvalue weighted by atomic mass is 16.1. The van der Waals surface area contributed by atoms with Gasteiger partial charge >= 0.3 is 0 Å². The van der Waals surface area contributed by atoms with E-state index in [0.29, 0.717) is 5.56 Å². The maximum atomic E-state index is 13.1. The zero-order chi connectivity index (χ0) is 22.8. The molecule has 33 heavy (non-hydrogen) atoms. The van der Waals surface area contributed by atoms with Crippen LogP contribution in [0.25, 0.3) is 22.0 Å². The van der Waals surface area contributed by atoms with E-state index in [1.54, 1.807) is 0 Å². The molecule has 166 valence electrons. The summed E-state index contributed by atoms with van der Waals surface area (Å²) >= 11 is 0. The monoisotopic (exact) mass is 436 g/mol. The summed E-state index contributed by atoms with van der Waals surface area (Å²) in [5.74, 6) is -0.0946. The molecular weight excluding hydrogens is 408 g/mol. The first-order chi connectivity index (χ1) is 16.1. The number of hydrogen-bond acceptors (Lipinski definition) is 4. The number of hydrogen-bond donors (Lipinski definition) is 1. The summed E-state index contributed by atoms with van der Waals surface area (Å²) in [6.45, 7) is 5.87. The Morgan fingerprint density at radius 2 is 1.70 bits per heavy atom. The number of carbonyl (C=O) groups excluding carboxylic acids is 1. The summed E-state index contributed by atoms with van der Waals surface area (Å²) in [4.78, 5) is 22.4. The van der Waals surface area contributed by atoms with Crippen LogP contribution in [0.4, 0.5) is 11.4 Å². The van der Waals surface area contributed by atoms with E-state index in [1.165, 1.54) is 0 Å². The zero-order valence-corrected chi connectivity index (χ0v) is 19.1. The van der Waals surface area contributed by atoms with Crippen molar-refractivity contribution in [2.45, 2.75) is 6.92 Å². The van der Waals surface area contributed by atoms with E-state index in [1.807, 2.05) is 55.6 Å². The van der Waals surface area contributed by atoms with Crippen LogP contribution in [0, 0.1) is 6.92 Å². The zero-order valence-electron chi connectivity index (χ0n) is 19.1. The van der Waals surface area contributed by atoms with Gasteiger partial charge in [0, 0.05) is 48.9 Å². The Labute approximate surface area is 194 Å².